The maximum atomic E-state index is 12.7. The Morgan fingerprint density at radius 3 is 2.38 bits per heavy atom. The number of carbonyl (C=O) groups excluding carboxylic acids is 3. The van der Waals surface area contributed by atoms with E-state index >= 15 is 0 Å². The lowest BCUT2D eigenvalue weighted by Crippen LogP contribution is -2.21. The maximum absolute atomic E-state index is 12.7. The number of nitrogens with zero attached hydrogens (tertiary/aromatic N) is 1. The van der Waals surface area contributed by atoms with Gasteiger partial charge in [-0.1, -0.05) is 29.8 Å². The first-order valence-electron chi connectivity index (χ1n) is 9.87. The van der Waals surface area contributed by atoms with Gasteiger partial charge in [-0.05, 0) is 42.0 Å². The summed E-state index contributed by atoms with van der Waals surface area (Å²) in [7, 11) is 0. The summed E-state index contributed by atoms with van der Waals surface area (Å²) in [5, 5.41) is 17.2. The first kappa shape index (κ1) is 24.2. The minimum absolute atomic E-state index is 0.111. The van der Waals surface area contributed by atoms with E-state index in [0.29, 0.717) is 10.7 Å². The van der Waals surface area contributed by atoms with Gasteiger partial charge >= 0.3 is 5.97 Å². The lowest BCUT2D eigenvalue weighted by atomic mass is 10.1. The van der Waals surface area contributed by atoms with E-state index in [1.807, 2.05) is 0 Å². The SMILES string of the molecule is NC(=O)c1ccc(NC(=O)COC(=O)c2cc([N+](=O)[O-])ccc2NCc2ccccc2Cl)cc1. The molecule has 4 N–H and O–H groups in total. The van der Waals surface area contributed by atoms with E-state index in [9.17, 15) is 24.5 Å². The standard InChI is InChI=1S/C23H19ClN4O6/c24-19-4-2-1-3-15(19)12-26-20-10-9-17(28(32)33)11-18(20)23(31)34-13-21(29)27-16-7-5-14(6-8-16)22(25)30/h1-11,26H,12-13H2,(H2,25,30)(H,27,29). The van der Waals surface area contributed by atoms with Crippen molar-refractivity contribution in [1.29, 1.82) is 0 Å². The summed E-state index contributed by atoms with van der Waals surface area (Å²) in [6.45, 7) is -0.386. The molecule has 0 spiro atoms. The molecular formula is C23H19ClN4O6. The van der Waals surface area contributed by atoms with Crippen LogP contribution in [-0.2, 0) is 16.1 Å². The molecule has 0 unspecified atom stereocenters. The molecule has 0 heterocycles. The number of carbonyl (C=O) groups is 3. The number of primary amides is 1. The fourth-order valence-electron chi connectivity index (χ4n) is 2.92. The summed E-state index contributed by atoms with van der Waals surface area (Å²) in [5.41, 5.74) is 6.41. The van der Waals surface area contributed by atoms with Gasteiger partial charge in [-0.3, -0.25) is 19.7 Å². The molecule has 3 aromatic carbocycles. The second-order valence-electron chi connectivity index (χ2n) is 7.00. The zero-order valence-electron chi connectivity index (χ0n) is 17.6. The summed E-state index contributed by atoms with van der Waals surface area (Å²) < 4.78 is 5.06. The van der Waals surface area contributed by atoms with Crippen LogP contribution in [0.5, 0.6) is 0 Å². The van der Waals surface area contributed by atoms with Crippen LogP contribution in [0.15, 0.2) is 66.7 Å². The van der Waals surface area contributed by atoms with Crippen LogP contribution >= 0.6 is 11.6 Å². The molecule has 0 aliphatic rings. The third kappa shape index (κ3) is 6.30. The van der Waals surface area contributed by atoms with Gasteiger partial charge in [-0.25, -0.2) is 4.79 Å². The number of nitrogens with two attached hydrogens (primary N) is 1. The number of benzene rings is 3. The Balaban J connectivity index is 1.68. The number of nitro benzene ring substituents is 1. The smallest absolute Gasteiger partial charge is 0.341 e. The van der Waals surface area contributed by atoms with Crippen molar-refractivity contribution in [2.75, 3.05) is 17.2 Å². The van der Waals surface area contributed by atoms with Crippen molar-refractivity contribution < 1.29 is 24.0 Å². The number of amides is 2. The molecule has 3 rings (SSSR count). The molecule has 0 bridgehead atoms. The molecule has 0 fully saturated rings. The molecule has 0 aliphatic carbocycles. The molecule has 0 aliphatic heterocycles. The summed E-state index contributed by atoms with van der Waals surface area (Å²) in [6.07, 6.45) is 0. The number of non-ortho nitro benzene ring substituents is 1. The van der Waals surface area contributed by atoms with Crippen LogP contribution in [0.2, 0.25) is 5.02 Å². The third-order valence-electron chi connectivity index (χ3n) is 4.65. The second-order valence-corrected chi connectivity index (χ2v) is 7.41. The van der Waals surface area contributed by atoms with Crippen LogP contribution in [0, 0.1) is 10.1 Å². The quantitative estimate of drug-likeness (QED) is 0.238. The van der Waals surface area contributed by atoms with Gasteiger partial charge in [-0.2, -0.15) is 0 Å². The number of ether oxygens (including phenoxy) is 1. The first-order chi connectivity index (χ1) is 16.2. The Morgan fingerprint density at radius 2 is 1.74 bits per heavy atom. The van der Waals surface area contributed by atoms with Crippen LogP contribution in [0.1, 0.15) is 26.3 Å². The van der Waals surface area contributed by atoms with Gasteiger partial charge in [0.15, 0.2) is 6.61 Å². The molecule has 0 saturated carbocycles. The van der Waals surface area contributed by atoms with Crippen molar-refractivity contribution in [3.8, 4) is 0 Å². The van der Waals surface area contributed by atoms with Crippen LogP contribution < -0.4 is 16.4 Å². The third-order valence-corrected chi connectivity index (χ3v) is 5.02. The topological polar surface area (TPSA) is 154 Å². The molecule has 0 radical (unpaired) electrons. The van der Waals surface area contributed by atoms with Crippen molar-refractivity contribution >= 4 is 46.4 Å². The molecule has 11 heteroatoms. The van der Waals surface area contributed by atoms with Crippen LogP contribution in [-0.4, -0.2) is 29.3 Å². The zero-order valence-corrected chi connectivity index (χ0v) is 18.4. The van der Waals surface area contributed by atoms with Gasteiger partial charge in [0.1, 0.15) is 0 Å². The van der Waals surface area contributed by atoms with E-state index < -0.39 is 29.3 Å². The summed E-state index contributed by atoms with van der Waals surface area (Å²) in [5.74, 6) is -2.18. The van der Waals surface area contributed by atoms with Crippen molar-refractivity contribution in [3.05, 3.63) is 98.6 Å². The molecule has 0 saturated heterocycles. The Hall–Kier alpha value is -4.44. The highest BCUT2D eigenvalue weighted by Crippen LogP contribution is 2.25. The summed E-state index contributed by atoms with van der Waals surface area (Å²) >= 11 is 6.15. The van der Waals surface area contributed by atoms with Crippen molar-refractivity contribution in [1.82, 2.24) is 0 Å². The fraction of sp³-hybridized carbons (Fsp3) is 0.0870. The van der Waals surface area contributed by atoms with E-state index in [4.69, 9.17) is 22.1 Å². The van der Waals surface area contributed by atoms with Gasteiger partial charge in [0.25, 0.3) is 11.6 Å². The lowest BCUT2D eigenvalue weighted by molar-refractivity contribution is -0.384. The van der Waals surface area contributed by atoms with Crippen LogP contribution in [0.25, 0.3) is 0 Å². The van der Waals surface area contributed by atoms with Gasteiger partial charge in [0.05, 0.1) is 10.5 Å². The molecule has 10 nitrogen and oxygen atoms in total. The molecule has 3 aromatic rings. The summed E-state index contributed by atoms with van der Waals surface area (Å²) in [6, 6.07) is 16.6. The van der Waals surface area contributed by atoms with E-state index in [1.165, 1.54) is 36.4 Å². The van der Waals surface area contributed by atoms with Gasteiger partial charge in [-0.15, -0.1) is 0 Å². The minimum Gasteiger partial charge on any atom is -0.452 e. The number of nitrogens with one attached hydrogen (secondary N) is 2. The number of hydrogen-bond donors (Lipinski definition) is 3. The predicted molar refractivity (Wildman–Crippen MR) is 126 cm³/mol. The molecule has 2 amide bonds. The summed E-state index contributed by atoms with van der Waals surface area (Å²) in [4.78, 5) is 46.4. The largest absolute Gasteiger partial charge is 0.452 e. The normalized spacial score (nSPS) is 10.3. The monoisotopic (exact) mass is 482 g/mol. The highest BCUT2D eigenvalue weighted by molar-refractivity contribution is 6.31. The zero-order chi connectivity index (χ0) is 24.7. The second kappa shape index (κ2) is 10.9. The molecule has 0 aromatic heterocycles. The van der Waals surface area contributed by atoms with Crippen LogP contribution in [0.4, 0.5) is 17.1 Å². The van der Waals surface area contributed by atoms with Crippen molar-refractivity contribution in [2.24, 2.45) is 5.73 Å². The lowest BCUT2D eigenvalue weighted by Gasteiger charge is -2.13. The van der Waals surface area contributed by atoms with E-state index in [1.54, 1.807) is 24.3 Å². The number of esters is 1. The van der Waals surface area contributed by atoms with E-state index in [2.05, 4.69) is 10.6 Å². The average molecular weight is 483 g/mol. The molecule has 0 atom stereocenters. The number of rotatable bonds is 9. The number of halogens is 1. The van der Waals surface area contributed by atoms with E-state index in [0.717, 1.165) is 11.6 Å². The number of anilines is 2. The predicted octanol–water partition coefficient (Wildman–Crippen LogP) is 3.75. The molecular weight excluding hydrogens is 464 g/mol. The molecule has 34 heavy (non-hydrogen) atoms. The first-order valence-corrected chi connectivity index (χ1v) is 10.2. The number of nitro groups is 1. The van der Waals surface area contributed by atoms with E-state index in [-0.39, 0.29) is 29.0 Å². The Morgan fingerprint density at radius 1 is 1.03 bits per heavy atom. The van der Waals surface area contributed by atoms with Gasteiger partial charge in [0, 0.05) is 40.6 Å². The van der Waals surface area contributed by atoms with Crippen molar-refractivity contribution in [2.45, 2.75) is 6.54 Å². The maximum Gasteiger partial charge on any atom is 0.341 e. The average Bonchev–Trinajstić information content (AvgIpc) is 2.82. The fourth-order valence-corrected chi connectivity index (χ4v) is 3.13. The number of hydrogen-bond acceptors (Lipinski definition) is 7. The minimum atomic E-state index is -0.926. The Labute approximate surface area is 198 Å². The highest BCUT2D eigenvalue weighted by Gasteiger charge is 2.19. The van der Waals surface area contributed by atoms with Gasteiger partial charge in [0.2, 0.25) is 5.91 Å². The van der Waals surface area contributed by atoms with Crippen molar-refractivity contribution in [3.63, 3.8) is 0 Å². The molecule has 174 valence electrons. The Kier molecular flexibility index (Phi) is 7.78. The van der Waals surface area contributed by atoms with Crippen LogP contribution in [0.3, 0.4) is 0 Å². The Bertz CT molecular complexity index is 1250. The van der Waals surface area contributed by atoms with Gasteiger partial charge < -0.3 is 21.1 Å². The highest BCUT2D eigenvalue weighted by atomic mass is 35.5.